The largest absolute Gasteiger partial charge is 0.494 e. The predicted molar refractivity (Wildman–Crippen MR) is 143 cm³/mol. The maximum absolute atomic E-state index is 14.3. The van der Waals surface area contributed by atoms with E-state index in [0.29, 0.717) is 41.0 Å². The number of rotatable bonds is 10. The van der Waals surface area contributed by atoms with Crippen LogP contribution in [0, 0.1) is 5.82 Å². The van der Waals surface area contributed by atoms with Crippen molar-refractivity contribution in [3.8, 4) is 5.75 Å². The number of nitrogens with one attached hydrogen (secondary N) is 3. The van der Waals surface area contributed by atoms with Gasteiger partial charge in [0.15, 0.2) is 5.82 Å². The maximum Gasteiger partial charge on any atom is 0.247 e. The van der Waals surface area contributed by atoms with Crippen LogP contribution in [0.3, 0.4) is 0 Å². The fourth-order valence-electron chi connectivity index (χ4n) is 3.50. The Morgan fingerprint density at radius 2 is 1.86 bits per heavy atom. The van der Waals surface area contributed by atoms with Crippen LogP contribution in [0.4, 0.5) is 38.8 Å². The van der Waals surface area contributed by atoms with E-state index in [1.54, 1.807) is 30.3 Å². The topological polar surface area (TPSA) is 117 Å². The van der Waals surface area contributed by atoms with Crippen molar-refractivity contribution in [2.75, 3.05) is 41.6 Å². The quantitative estimate of drug-likeness (QED) is 0.278. The number of methoxy groups -OCH3 is 1. The number of aromatic nitrogens is 2. The molecule has 36 heavy (non-hydrogen) atoms. The lowest BCUT2D eigenvalue weighted by Gasteiger charge is -2.30. The van der Waals surface area contributed by atoms with Gasteiger partial charge in [0.1, 0.15) is 23.7 Å². The fourth-order valence-corrected chi connectivity index (χ4v) is 3.68. The van der Waals surface area contributed by atoms with Gasteiger partial charge in [-0.3, -0.25) is 4.79 Å². The van der Waals surface area contributed by atoms with Gasteiger partial charge in [-0.25, -0.2) is 14.4 Å². The Morgan fingerprint density at radius 1 is 1.19 bits per heavy atom. The molecule has 0 unspecified atom stereocenters. The van der Waals surface area contributed by atoms with Crippen molar-refractivity contribution in [1.82, 2.24) is 9.97 Å². The highest BCUT2D eigenvalue weighted by Crippen LogP contribution is 2.38. The summed E-state index contributed by atoms with van der Waals surface area (Å²) >= 11 is 5.86. The first-order valence-electron chi connectivity index (χ1n) is 11.0. The third-order valence-electron chi connectivity index (χ3n) is 4.96. The molecule has 0 bridgehead atoms. The molecule has 0 aliphatic heterocycles. The molecule has 0 aliphatic rings. The Kier molecular flexibility index (Phi) is 8.33. The first-order chi connectivity index (χ1) is 17.0. The summed E-state index contributed by atoms with van der Waals surface area (Å²) in [4.78, 5) is 22.4. The van der Waals surface area contributed by atoms with Gasteiger partial charge in [0, 0.05) is 31.3 Å². The van der Waals surface area contributed by atoms with Crippen LogP contribution in [0.15, 0.2) is 55.4 Å². The minimum absolute atomic E-state index is 0.00526. The van der Waals surface area contributed by atoms with E-state index in [1.807, 2.05) is 25.8 Å². The number of hydrogen-bond donors (Lipinski definition) is 4. The van der Waals surface area contributed by atoms with E-state index >= 15 is 0 Å². The number of halogens is 2. The Labute approximate surface area is 214 Å². The van der Waals surface area contributed by atoms with Crippen LogP contribution < -0.4 is 31.3 Å². The first kappa shape index (κ1) is 26.7. The SMILES string of the molecule is C=CC(=O)Nc1cc(Nc2cc(Nc3cccc(Cl)c3F)ncn2)c(OC)cc1N(C)CC(C)(C)N. The number of likely N-dealkylation sites (N-methyl/N-ethyl adjacent to an activating group) is 1. The molecule has 3 rings (SSSR count). The van der Waals surface area contributed by atoms with Crippen molar-refractivity contribution in [2.24, 2.45) is 5.73 Å². The smallest absolute Gasteiger partial charge is 0.247 e. The number of nitrogens with two attached hydrogens (primary N) is 1. The number of ether oxygens (including phenoxy) is 1. The van der Waals surface area contributed by atoms with Crippen LogP contribution in [0.2, 0.25) is 5.02 Å². The monoisotopic (exact) mass is 513 g/mol. The van der Waals surface area contributed by atoms with Crippen molar-refractivity contribution in [3.63, 3.8) is 0 Å². The molecule has 0 fully saturated rings. The van der Waals surface area contributed by atoms with Gasteiger partial charge in [0.2, 0.25) is 5.91 Å². The van der Waals surface area contributed by atoms with E-state index in [1.165, 1.54) is 25.6 Å². The van der Waals surface area contributed by atoms with Gasteiger partial charge in [-0.1, -0.05) is 24.2 Å². The minimum Gasteiger partial charge on any atom is -0.494 e. The molecule has 190 valence electrons. The second-order valence-corrected chi connectivity index (χ2v) is 9.15. The van der Waals surface area contributed by atoms with Crippen LogP contribution in [-0.2, 0) is 4.79 Å². The Bertz CT molecular complexity index is 1260. The summed E-state index contributed by atoms with van der Waals surface area (Å²) in [5, 5.41) is 8.88. The van der Waals surface area contributed by atoms with E-state index in [0.717, 1.165) is 0 Å². The van der Waals surface area contributed by atoms with Crippen LogP contribution in [0.1, 0.15) is 13.8 Å². The number of benzene rings is 2. The zero-order valence-electron chi connectivity index (χ0n) is 20.5. The minimum atomic E-state index is -0.586. The van der Waals surface area contributed by atoms with Crippen molar-refractivity contribution in [3.05, 3.63) is 66.2 Å². The Morgan fingerprint density at radius 3 is 2.47 bits per heavy atom. The molecule has 0 radical (unpaired) electrons. The summed E-state index contributed by atoms with van der Waals surface area (Å²) in [7, 11) is 3.41. The second-order valence-electron chi connectivity index (χ2n) is 8.75. The van der Waals surface area contributed by atoms with Crippen molar-refractivity contribution in [1.29, 1.82) is 0 Å². The van der Waals surface area contributed by atoms with Gasteiger partial charge < -0.3 is 31.3 Å². The first-order valence-corrected chi connectivity index (χ1v) is 11.3. The summed E-state index contributed by atoms with van der Waals surface area (Å²) in [5.41, 5.74) is 7.64. The van der Waals surface area contributed by atoms with Crippen LogP contribution in [-0.4, -0.2) is 42.1 Å². The van der Waals surface area contributed by atoms with Crippen molar-refractivity contribution >= 4 is 51.9 Å². The summed E-state index contributed by atoms with van der Waals surface area (Å²) in [5.74, 6) is 0.284. The Balaban J connectivity index is 1.95. The van der Waals surface area contributed by atoms with Crippen LogP contribution in [0.5, 0.6) is 5.75 Å². The second kappa shape index (κ2) is 11.2. The molecule has 0 atom stereocenters. The molecule has 1 aromatic heterocycles. The summed E-state index contributed by atoms with van der Waals surface area (Å²) in [6, 6.07) is 9.74. The standard InChI is InChI=1S/C25H29ClFN7O2/c1-6-23(35)33-17-10-18(20(36-5)11-19(17)34(4)13-25(2,3)28)32-22-12-21(29-14-30-22)31-16-9-7-8-15(26)24(16)27/h6-12,14H,1,13,28H2,2-5H3,(H,33,35)(H2,29,30,31,32). The normalized spacial score (nSPS) is 11.0. The molecule has 0 spiro atoms. The number of amides is 1. The molecule has 11 heteroatoms. The van der Waals surface area contributed by atoms with E-state index in [4.69, 9.17) is 22.1 Å². The summed E-state index contributed by atoms with van der Waals surface area (Å²) in [6.45, 7) is 7.86. The highest BCUT2D eigenvalue weighted by Gasteiger charge is 2.20. The molecule has 3 aromatic rings. The van der Waals surface area contributed by atoms with Gasteiger partial charge in [0.25, 0.3) is 0 Å². The van der Waals surface area contributed by atoms with Crippen molar-refractivity contribution in [2.45, 2.75) is 19.4 Å². The fraction of sp³-hybridized carbons (Fsp3) is 0.240. The predicted octanol–water partition coefficient (Wildman–Crippen LogP) is 5.06. The molecule has 2 aromatic carbocycles. The van der Waals surface area contributed by atoms with Gasteiger partial charge >= 0.3 is 0 Å². The third-order valence-corrected chi connectivity index (χ3v) is 5.25. The molecular formula is C25H29ClFN7O2. The maximum atomic E-state index is 14.3. The number of nitrogens with zero attached hydrogens (tertiary/aromatic N) is 3. The van der Waals surface area contributed by atoms with E-state index in [2.05, 4.69) is 32.5 Å². The van der Waals surface area contributed by atoms with E-state index in [-0.39, 0.29) is 16.6 Å². The third kappa shape index (κ3) is 6.83. The number of anilines is 6. The lowest BCUT2D eigenvalue weighted by atomic mass is 10.1. The van der Waals surface area contributed by atoms with Gasteiger partial charge in [-0.05, 0) is 38.1 Å². The molecule has 9 nitrogen and oxygen atoms in total. The molecule has 1 heterocycles. The lowest BCUT2D eigenvalue weighted by Crippen LogP contribution is -2.44. The van der Waals surface area contributed by atoms with E-state index in [9.17, 15) is 9.18 Å². The lowest BCUT2D eigenvalue weighted by molar-refractivity contribution is -0.111. The number of carbonyl (C=O) groups excluding carboxylic acids is 1. The molecule has 5 N–H and O–H groups in total. The molecule has 0 aliphatic carbocycles. The summed E-state index contributed by atoms with van der Waals surface area (Å²) < 4.78 is 19.9. The summed E-state index contributed by atoms with van der Waals surface area (Å²) in [6.07, 6.45) is 2.51. The van der Waals surface area contributed by atoms with E-state index < -0.39 is 11.4 Å². The molecule has 1 amide bonds. The Hall–Kier alpha value is -3.89. The van der Waals surface area contributed by atoms with Gasteiger partial charge in [-0.2, -0.15) is 0 Å². The number of carbonyl (C=O) groups is 1. The van der Waals surface area contributed by atoms with Gasteiger partial charge in [-0.15, -0.1) is 0 Å². The average Bonchev–Trinajstić information content (AvgIpc) is 2.81. The molecule has 0 saturated heterocycles. The zero-order chi connectivity index (χ0) is 26.5. The highest BCUT2D eigenvalue weighted by molar-refractivity contribution is 6.31. The highest BCUT2D eigenvalue weighted by atomic mass is 35.5. The zero-order valence-corrected chi connectivity index (χ0v) is 21.3. The van der Waals surface area contributed by atoms with Crippen LogP contribution >= 0.6 is 11.6 Å². The molecular weight excluding hydrogens is 485 g/mol. The van der Waals surface area contributed by atoms with Crippen LogP contribution in [0.25, 0.3) is 0 Å². The molecule has 0 saturated carbocycles. The van der Waals surface area contributed by atoms with Crippen molar-refractivity contribution < 1.29 is 13.9 Å². The van der Waals surface area contributed by atoms with Gasteiger partial charge in [0.05, 0.1) is 34.9 Å². The average molecular weight is 514 g/mol. The number of hydrogen-bond acceptors (Lipinski definition) is 8.